The van der Waals surface area contributed by atoms with Gasteiger partial charge in [0, 0.05) is 12.2 Å². The molecule has 126 valence electrons. The molecular formula is C21H37N. The molecule has 0 amide bonds. The van der Waals surface area contributed by atoms with E-state index in [1.165, 1.54) is 50.6 Å². The van der Waals surface area contributed by atoms with Crippen molar-refractivity contribution in [3.8, 4) is 0 Å². The molecule has 1 nitrogen and oxygen atoms in total. The maximum absolute atomic E-state index is 3.54. The van der Waals surface area contributed by atoms with E-state index in [0.29, 0.717) is 0 Å². The molecule has 0 saturated heterocycles. The van der Waals surface area contributed by atoms with Gasteiger partial charge < -0.3 is 5.32 Å². The number of unbranched alkanes of at least 4 members (excludes halogenated alkanes) is 1. The third kappa shape index (κ3) is 8.46. The summed E-state index contributed by atoms with van der Waals surface area (Å²) in [5.74, 6) is 2.61. The minimum absolute atomic E-state index is 0.759. The van der Waals surface area contributed by atoms with Gasteiger partial charge in [0.25, 0.3) is 0 Å². The molecular weight excluding hydrogens is 266 g/mol. The Bertz CT molecular complexity index is 355. The predicted molar refractivity (Wildman–Crippen MR) is 100 cm³/mol. The maximum atomic E-state index is 3.54. The minimum atomic E-state index is 0.759. The third-order valence-electron chi connectivity index (χ3n) is 4.96. The van der Waals surface area contributed by atoms with Crippen molar-refractivity contribution < 1.29 is 0 Å². The molecule has 1 N–H and O–H groups in total. The van der Waals surface area contributed by atoms with E-state index in [4.69, 9.17) is 0 Å². The average molecular weight is 304 g/mol. The number of benzene rings is 1. The highest BCUT2D eigenvalue weighted by Crippen LogP contribution is 2.23. The van der Waals surface area contributed by atoms with Crippen LogP contribution in [-0.2, 0) is 0 Å². The fraction of sp³-hybridized carbons (Fsp3) is 0.714. The first kappa shape index (κ1) is 19.1. The van der Waals surface area contributed by atoms with Gasteiger partial charge in [-0.05, 0) is 42.7 Å². The van der Waals surface area contributed by atoms with Crippen LogP contribution in [0.25, 0.3) is 0 Å². The Balaban J connectivity index is 2.06. The Labute approximate surface area is 138 Å². The van der Waals surface area contributed by atoms with E-state index in [9.17, 15) is 0 Å². The van der Waals surface area contributed by atoms with Crippen LogP contribution in [0.1, 0.15) is 72.6 Å². The summed E-state index contributed by atoms with van der Waals surface area (Å²) in [7, 11) is 0. The third-order valence-corrected chi connectivity index (χ3v) is 4.96. The molecule has 0 fully saturated rings. The van der Waals surface area contributed by atoms with Crippen molar-refractivity contribution in [2.45, 2.75) is 72.6 Å². The van der Waals surface area contributed by atoms with Gasteiger partial charge in [0.15, 0.2) is 0 Å². The second-order valence-electron chi connectivity index (χ2n) is 7.16. The molecule has 2 unspecified atom stereocenters. The van der Waals surface area contributed by atoms with Crippen LogP contribution in [0, 0.1) is 17.8 Å². The van der Waals surface area contributed by atoms with Crippen molar-refractivity contribution in [2.75, 3.05) is 11.9 Å². The van der Waals surface area contributed by atoms with E-state index < -0.39 is 0 Å². The van der Waals surface area contributed by atoms with Gasteiger partial charge in [0.2, 0.25) is 0 Å². The molecule has 2 atom stereocenters. The van der Waals surface area contributed by atoms with Crippen LogP contribution < -0.4 is 5.32 Å². The SMILES string of the molecule is CCC(CC)CC(C)CCCCC(C)CNc1ccccc1. The molecule has 0 spiro atoms. The van der Waals surface area contributed by atoms with Gasteiger partial charge in [-0.3, -0.25) is 0 Å². The highest BCUT2D eigenvalue weighted by atomic mass is 14.9. The molecule has 0 aromatic heterocycles. The zero-order valence-electron chi connectivity index (χ0n) is 15.3. The van der Waals surface area contributed by atoms with Gasteiger partial charge in [-0.25, -0.2) is 0 Å². The topological polar surface area (TPSA) is 12.0 Å². The Morgan fingerprint density at radius 1 is 0.864 bits per heavy atom. The van der Waals surface area contributed by atoms with Gasteiger partial charge in [-0.15, -0.1) is 0 Å². The van der Waals surface area contributed by atoms with E-state index in [1.54, 1.807) is 0 Å². The Morgan fingerprint density at radius 2 is 1.45 bits per heavy atom. The summed E-state index contributed by atoms with van der Waals surface area (Å²) >= 11 is 0. The van der Waals surface area contributed by atoms with Crippen molar-refractivity contribution in [3.63, 3.8) is 0 Å². The second-order valence-corrected chi connectivity index (χ2v) is 7.16. The van der Waals surface area contributed by atoms with E-state index in [-0.39, 0.29) is 0 Å². The van der Waals surface area contributed by atoms with E-state index in [2.05, 4.69) is 63.3 Å². The molecule has 0 aliphatic rings. The standard InChI is InChI=1S/C21H37N/c1-5-20(6-2)16-18(3)12-10-11-13-19(4)17-22-21-14-8-7-9-15-21/h7-9,14-15,18-20,22H,5-6,10-13,16-17H2,1-4H3. The van der Waals surface area contributed by atoms with Gasteiger partial charge in [0.05, 0.1) is 0 Å². The summed E-state index contributed by atoms with van der Waals surface area (Å²) in [6.45, 7) is 10.6. The average Bonchev–Trinajstić information content (AvgIpc) is 2.55. The predicted octanol–water partition coefficient (Wildman–Crippen LogP) is 6.76. The fourth-order valence-corrected chi connectivity index (χ4v) is 3.24. The van der Waals surface area contributed by atoms with Crippen LogP contribution in [0.2, 0.25) is 0 Å². The summed E-state index contributed by atoms with van der Waals surface area (Å²) in [6, 6.07) is 10.5. The molecule has 0 saturated carbocycles. The number of hydrogen-bond donors (Lipinski definition) is 1. The van der Waals surface area contributed by atoms with Gasteiger partial charge in [0.1, 0.15) is 0 Å². The highest BCUT2D eigenvalue weighted by Gasteiger charge is 2.10. The van der Waals surface area contributed by atoms with Crippen LogP contribution in [0.4, 0.5) is 5.69 Å². The number of anilines is 1. The molecule has 1 heteroatoms. The lowest BCUT2D eigenvalue weighted by Gasteiger charge is -2.18. The maximum Gasteiger partial charge on any atom is 0.0340 e. The number of hydrogen-bond acceptors (Lipinski definition) is 1. The van der Waals surface area contributed by atoms with Crippen LogP contribution in [0.15, 0.2) is 30.3 Å². The molecule has 0 radical (unpaired) electrons. The first-order valence-corrected chi connectivity index (χ1v) is 9.44. The Morgan fingerprint density at radius 3 is 2.05 bits per heavy atom. The first-order chi connectivity index (χ1) is 10.7. The zero-order valence-corrected chi connectivity index (χ0v) is 15.3. The van der Waals surface area contributed by atoms with Gasteiger partial charge in [-0.2, -0.15) is 0 Å². The van der Waals surface area contributed by atoms with Crippen LogP contribution >= 0.6 is 0 Å². The minimum Gasteiger partial charge on any atom is -0.385 e. The Hall–Kier alpha value is -0.980. The molecule has 1 aromatic carbocycles. The van der Waals surface area contributed by atoms with Gasteiger partial charge in [-0.1, -0.05) is 78.0 Å². The Kier molecular flexibility index (Phi) is 10.0. The molecule has 22 heavy (non-hydrogen) atoms. The van der Waals surface area contributed by atoms with Gasteiger partial charge >= 0.3 is 0 Å². The van der Waals surface area contributed by atoms with E-state index in [0.717, 1.165) is 24.3 Å². The summed E-state index contributed by atoms with van der Waals surface area (Å²) in [5, 5.41) is 3.54. The molecule has 1 rings (SSSR count). The van der Waals surface area contributed by atoms with Crippen molar-refractivity contribution >= 4 is 5.69 Å². The lowest BCUT2D eigenvalue weighted by atomic mass is 9.88. The number of para-hydroxylation sites is 1. The molecule has 1 aromatic rings. The zero-order chi connectivity index (χ0) is 16.2. The van der Waals surface area contributed by atoms with E-state index >= 15 is 0 Å². The largest absolute Gasteiger partial charge is 0.385 e. The molecule has 0 bridgehead atoms. The molecule has 0 aliphatic carbocycles. The smallest absolute Gasteiger partial charge is 0.0340 e. The van der Waals surface area contributed by atoms with E-state index in [1.807, 2.05) is 0 Å². The quantitative estimate of drug-likeness (QED) is 0.421. The summed E-state index contributed by atoms with van der Waals surface area (Å²) < 4.78 is 0. The normalized spacial score (nSPS) is 14.0. The van der Waals surface area contributed by atoms with Crippen LogP contribution in [0.5, 0.6) is 0 Å². The summed E-state index contributed by atoms with van der Waals surface area (Å²) in [6.07, 6.45) is 9.67. The van der Waals surface area contributed by atoms with Crippen molar-refractivity contribution in [1.82, 2.24) is 0 Å². The second kappa shape index (κ2) is 11.6. The highest BCUT2D eigenvalue weighted by molar-refractivity contribution is 5.42. The lowest BCUT2D eigenvalue weighted by molar-refractivity contribution is 0.345. The number of rotatable bonds is 12. The van der Waals surface area contributed by atoms with Crippen LogP contribution in [0.3, 0.4) is 0 Å². The van der Waals surface area contributed by atoms with Crippen molar-refractivity contribution in [2.24, 2.45) is 17.8 Å². The summed E-state index contributed by atoms with van der Waals surface area (Å²) in [5.41, 5.74) is 1.24. The summed E-state index contributed by atoms with van der Waals surface area (Å²) in [4.78, 5) is 0. The van der Waals surface area contributed by atoms with Crippen molar-refractivity contribution in [3.05, 3.63) is 30.3 Å². The van der Waals surface area contributed by atoms with Crippen LogP contribution in [-0.4, -0.2) is 6.54 Å². The van der Waals surface area contributed by atoms with Crippen molar-refractivity contribution in [1.29, 1.82) is 0 Å². The number of nitrogens with one attached hydrogen (secondary N) is 1. The lowest BCUT2D eigenvalue weighted by Crippen LogP contribution is -2.11. The fourth-order valence-electron chi connectivity index (χ4n) is 3.24. The molecule has 0 aliphatic heterocycles. The first-order valence-electron chi connectivity index (χ1n) is 9.44. The molecule has 0 heterocycles. The monoisotopic (exact) mass is 303 g/mol.